The number of hydrogen-bond acceptors (Lipinski definition) is 4. The lowest BCUT2D eigenvalue weighted by Crippen LogP contribution is -2.32. The highest BCUT2D eigenvalue weighted by atomic mass is 32.2. The predicted molar refractivity (Wildman–Crippen MR) is 87.5 cm³/mol. The smallest absolute Gasteiger partial charge is 0.195 e. The minimum absolute atomic E-state index is 0.612. The first-order chi connectivity index (χ1) is 9.74. The van der Waals surface area contributed by atoms with Crippen LogP contribution in [0, 0.1) is 0 Å². The summed E-state index contributed by atoms with van der Waals surface area (Å²) in [6.45, 7) is 3.43. The molecule has 0 saturated carbocycles. The van der Waals surface area contributed by atoms with E-state index < -0.39 is 0 Å². The van der Waals surface area contributed by atoms with Crippen molar-refractivity contribution in [2.45, 2.75) is 6.92 Å². The summed E-state index contributed by atoms with van der Waals surface area (Å²) in [5, 5.41) is 6.47. The first-order valence-electron chi connectivity index (χ1n) is 6.52. The summed E-state index contributed by atoms with van der Waals surface area (Å²) in [7, 11) is 3.38. The van der Waals surface area contributed by atoms with E-state index in [0.717, 1.165) is 29.7 Å². The summed E-state index contributed by atoms with van der Waals surface area (Å²) in [4.78, 5) is 4.18. The van der Waals surface area contributed by atoms with Crippen molar-refractivity contribution in [2.24, 2.45) is 4.99 Å². The van der Waals surface area contributed by atoms with E-state index in [9.17, 15) is 0 Å². The fourth-order valence-corrected chi connectivity index (χ4v) is 1.91. The van der Waals surface area contributed by atoms with Gasteiger partial charge in [-0.3, -0.25) is 4.99 Å². The van der Waals surface area contributed by atoms with Gasteiger partial charge in [0.25, 0.3) is 0 Å². The van der Waals surface area contributed by atoms with Crippen LogP contribution in [-0.4, -0.2) is 45.3 Å². The number of aliphatic imine (C=N–C) groups is 1. The standard InChI is InChI=1S/C14H23N3O2S/c1-5-19-12-7-6-11(10-13(12)18-3)17-14(15-2)16-8-9-20-4/h6-7,10H,5,8-9H2,1-4H3,(H2,15,16,17). The Balaban J connectivity index is 2.71. The molecule has 0 aromatic heterocycles. The van der Waals surface area contributed by atoms with Gasteiger partial charge in [0.1, 0.15) is 0 Å². The number of methoxy groups -OCH3 is 1. The number of thioether (sulfide) groups is 1. The van der Waals surface area contributed by atoms with Gasteiger partial charge in [0.05, 0.1) is 13.7 Å². The third-order valence-corrected chi connectivity index (χ3v) is 3.16. The molecule has 0 aliphatic heterocycles. The minimum atomic E-state index is 0.612. The molecule has 0 radical (unpaired) electrons. The lowest BCUT2D eigenvalue weighted by atomic mass is 10.2. The molecule has 1 rings (SSSR count). The van der Waals surface area contributed by atoms with Gasteiger partial charge in [0.15, 0.2) is 17.5 Å². The van der Waals surface area contributed by atoms with E-state index in [1.54, 1.807) is 25.9 Å². The third kappa shape index (κ3) is 5.21. The average Bonchev–Trinajstić information content (AvgIpc) is 2.48. The zero-order valence-corrected chi connectivity index (χ0v) is 13.3. The maximum atomic E-state index is 5.49. The Kier molecular flexibility index (Phi) is 7.72. The molecular weight excluding hydrogens is 274 g/mol. The van der Waals surface area contributed by atoms with Crippen molar-refractivity contribution in [3.05, 3.63) is 18.2 Å². The molecule has 0 aliphatic carbocycles. The molecule has 0 heterocycles. The number of benzene rings is 1. The molecule has 0 atom stereocenters. The molecule has 0 fully saturated rings. The highest BCUT2D eigenvalue weighted by molar-refractivity contribution is 7.98. The molecule has 2 N–H and O–H groups in total. The Labute approximate surface area is 125 Å². The number of ether oxygens (including phenoxy) is 2. The van der Waals surface area contributed by atoms with Crippen molar-refractivity contribution in [3.63, 3.8) is 0 Å². The fraction of sp³-hybridized carbons (Fsp3) is 0.500. The Morgan fingerprint density at radius 2 is 2.15 bits per heavy atom. The number of anilines is 1. The molecule has 20 heavy (non-hydrogen) atoms. The van der Waals surface area contributed by atoms with E-state index in [1.807, 2.05) is 25.1 Å². The Morgan fingerprint density at radius 1 is 1.35 bits per heavy atom. The molecule has 6 heteroatoms. The van der Waals surface area contributed by atoms with Crippen LogP contribution in [-0.2, 0) is 0 Å². The number of guanidine groups is 1. The number of nitrogens with one attached hydrogen (secondary N) is 2. The van der Waals surface area contributed by atoms with Gasteiger partial charge in [-0.25, -0.2) is 0 Å². The molecule has 1 aromatic carbocycles. The average molecular weight is 297 g/mol. The van der Waals surface area contributed by atoms with Crippen molar-refractivity contribution < 1.29 is 9.47 Å². The lowest BCUT2D eigenvalue weighted by Gasteiger charge is -2.14. The summed E-state index contributed by atoms with van der Waals surface area (Å²) in [5.74, 6) is 3.22. The van der Waals surface area contributed by atoms with E-state index in [1.165, 1.54) is 0 Å². The minimum Gasteiger partial charge on any atom is -0.493 e. The van der Waals surface area contributed by atoms with Crippen LogP contribution in [0.5, 0.6) is 11.5 Å². The molecule has 0 spiro atoms. The van der Waals surface area contributed by atoms with Crippen molar-refractivity contribution in [2.75, 3.05) is 44.6 Å². The van der Waals surface area contributed by atoms with E-state index in [0.29, 0.717) is 12.4 Å². The summed E-state index contributed by atoms with van der Waals surface area (Å²) >= 11 is 1.79. The summed E-state index contributed by atoms with van der Waals surface area (Å²) < 4.78 is 10.8. The van der Waals surface area contributed by atoms with Gasteiger partial charge in [0.2, 0.25) is 0 Å². The van der Waals surface area contributed by atoms with Crippen molar-refractivity contribution in [3.8, 4) is 11.5 Å². The van der Waals surface area contributed by atoms with Gasteiger partial charge >= 0.3 is 0 Å². The Bertz CT molecular complexity index is 438. The van der Waals surface area contributed by atoms with E-state index in [-0.39, 0.29) is 0 Å². The molecule has 0 aliphatic rings. The van der Waals surface area contributed by atoms with Crippen LogP contribution < -0.4 is 20.1 Å². The second-order valence-electron chi connectivity index (χ2n) is 3.92. The topological polar surface area (TPSA) is 54.9 Å². The highest BCUT2D eigenvalue weighted by Crippen LogP contribution is 2.30. The van der Waals surface area contributed by atoms with Crippen LogP contribution in [0.4, 0.5) is 5.69 Å². The second-order valence-corrected chi connectivity index (χ2v) is 4.90. The van der Waals surface area contributed by atoms with Crippen LogP contribution in [0.2, 0.25) is 0 Å². The van der Waals surface area contributed by atoms with Crippen molar-refractivity contribution in [1.82, 2.24) is 5.32 Å². The van der Waals surface area contributed by atoms with Gasteiger partial charge < -0.3 is 20.1 Å². The fourth-order valence-electron chi connectivity index (χ4n) is 1.61. The van der Waals surface area contributed by atoms with Crippen LogP contribution in [0.15, 0.2) is 23.2 Å². The maximum Gasteiger partial charge on any atom is 0.195 e. The van der Waals surface area contributed by atoms with Gasteiger partial charge in [0, 0.05) is 31.1 Å². The van der Waals surface area contributed by atoms with E-state index in [4.69, 9.17) is 9.47 Å². The van der Waals surface area contributed by atoms with Gasteiger partial charge in [-0.15, -0.1) is 0 Å². The largest absolute Gasteiger partial charge is 0.493 e. The van der Waals surface area contributed by atoms with Crippen LogP contribution in [0.3, 0.4) is 0 Å². The lowest BCUT2D eigenvalue weighted by molar-refractivity contribution is 0.311. The molecule has 0 amide bonds. The summed E-state index contributed by atoms with van der Waals surface area (Å²) in [6, 6.07) is 5.72. The predicted octanol–water partition coefficient (Wildman–Crippen LogP) is 2.44. The first kappa shape index (κ1) is 16.5. The van der Waals surface area contributed by atoms with Crippen LogP contribution in [0.1, 0.15) is 6.92 Å². The Morgan fingerprint density at radius 3 is 2.75 bits per heavy atom. The second kappa shape index (κ2) is 9.36. The Hall–Kier alpha value is -1.56. The number of hydrogen-bond donors (Lipinski definition) is 2. The van der Waals surface area contributed by atoms with Gasteiger partial charge in [-0.2, -0.15) is 11.8 Å². The van der Waals surface area contributed by atoms with Crippen LogP contribution in [0.25, 0.3) is 0 Å². The van der Waals surface area contributed by atoms with Crippen LogP contribution >= 0.6 is 11.8 Å². The van der Waals surface area contributed by atoms with E-state index >= 15 is 0 Å². The summed E-state index contributed by atoms with van der Waals surface area (Å²) in [5.41, 5.74) is 0.905. The number of nitrogens with zero attached hydrogens (tertiary/aromatic N) is 1. The maximum absolute atomic E-state index is 5.49. The van der Waals surface area contributed by atoms with Crippen molar-refractivity contribution in [1.29, 1.82) is 0 Å². The molecule has 112 valence electrons. The van der Waals surface area contributed by atoms with Gasteiger partial charge in [-0.1, -0.05) is 0 Å². The highest BCUT2D eigenvalue weighted by Gasteiger charge is 2.06. The SMILES string of the molecule is CCOc1ccc(NC(=NC)NCCSC)cc1OC. The van der Waals surface area contributed by atoms with Gasteiger partial charge in [-0.05, 0) is 25.3 Å². The van der Waals surface area contributed by atoms with Crippen molar-refractivity contribution >= 4 is 23.4 Å². The normalized spacial score (nSPS) is 11.1. The molecule has 0 bridgehead atoms. The molecular formula is C14H23N3O2S. The molecule has 0 saturated heterocycles. The molecule has 5 nitrogen and oxygen atoms in total. The zero-order chi connectivity index (χ0) is 14.8. The monoisotopic (exact) mass is 297 g/mol. The number of rotatable bonds is 7. The molecule has 0 unspecified atom stereocenters. The van der Waals surface area contributed by atoms with E-state index in [2.05, 4.69) is 21.9 Å². The first-order valence-corrected chi connectivity index (χ1v) is 7.92. The molecule has 1 aromatic rings. The quantitative estimate of drug-likeness (QED) is 0.460. The third-order valence-electron chi connectivity index (χ3n) is 2.55. The zero-order valence-electron chi connectivity index (χ0n) is 12.5. The summed E-state index contributed by atoms with van der Waals surface area (Å²) in [6.07, 6.45) is 2.08.